The molecule has 0 atom stereocenters. The molecule has 0 bridgehead atoms. The molecule has 1 fully saturated rings. The van der Waals surface area contributed by atoms with Crippen LogP contribution in [0.3, 0.4) is 0 Å². The molecule has 0 amide bonds. The monoisotopic (exact) mass is 282 g/mol. The lowest BCUT2D eigenvalue weighted by molar-refractivity contribution is -0.140. The first-order valence-corrected chi connectivity index (χ1v) is 7.24. The maximum absolute atomic E-state index is 11.1. The molecule has 0 aromatic carbocycles. The highest BCUT2D eigenvalue weighted by Crippen LogP contribution is 2.41. The average molecular weight is 282 g/mol. The van der Waals surface area contributed by atoms with Gasteiger partial charge in [-0.15, -0.1) is 0 Å². The Morgan fingerprint density at radius 3 is 2.80 bits per heavy atom. The number of nitrogens with zero attached hydrogens (tertiary/aromatic N) is 2. The average Bonchev–Trinajstić information content (AvgIpc) is 2.83. The Bertz CT molecular complexity index is 438. The molecule has 1 N–H and O–H groups in total. The Morgan fingerprint density at radius 2 is 2.15 bits per heavy atom. The third kappa shape index (κ3) is 4.03. The summed E-state index contributed by atoms with van der Waals surface area (Å²) in [5.74, 6) is 0.312. The zero-order chi connectivity index (χ0) is 14.4. The van der Waals surface area contributed by atoms with Crippen molar-refractivity contribution >= 4 is 5.97 Å². The van der Waals surface area contributed by atoms with E-state index in [0.717, 1.165) is 25.7 Å². The van der Waals surface area contributed by atoms with Crippen LogP contribution in [0.4, 0.5) is 0 Å². The molecule has 0 radical (unpaired) electrons. The molecule has 1 heterocycles. The molecule has 1 aromatic heterocycles. The normalized spacial score (nSPS) is 18.1. The predicted octanol–water partition coefficient (Wildman–Crippen LogP) is 2.57. The molecular weight excluding hydrogens is 260 g/mol. The van der Waals surface area contributed by atoms with Crippen LogP contribution in [0.1, 0.15) is 57.2 Å². The third-order valence-electron chi connectivity index (χ3n) is 3.91. The Morgan fingerprint density at radius 1 is 1.40 bits per heavy atom. The summed E-state index contributed by atoms with van der Waals surface area (Å²) < 4.78 is 10.5. The van der Waals surface area contributed by atoms with Gasteiger partial charge in [-0.25, -0.2) is 0 Å². The lowest BCUT2D eigenvalue weighted by Crippen LogP contribution is -2.30. The molecule has 6 nitrogen and oxygen atoms in total. The smallest absolute Gasteiger partial charge is 0.303 e. The number of carboxylic acid groups (broad SMARTS) is 1. The quantitative estimate of drug-likeness (QED) is 0.827. The topological polar surface area (TPSA) is 85.5 Å². The van der Waals surface area contributed by atoms with E-state index in [4.69, 9.17) is 14.4 Å². The van der Waals surface area contributed by atoms with Gasteiger partial charge in [-0.1, -0.05) is 24.4 Å². The molecule has 1 saturated carbocycles. The molecule has 0 unspecified atom stereocenters. The van der Waals surface area contributed by atoms with Crippen LogP contribution in [-0.2, 0) is 22.6 Å². The van der Waals surface area contributed by atoms with Gasteiger partial charge < -0.3 is 14.4 Å². The number of carboxylic acids is 1. The molecule has 6 heteroatoms. The molecule has 2 rings (SSSR count). The molecule has 1 aliphatic rings. The summed E-state index contributed by atoms with van der Waals surface area (Å²) in [6.45, 7) is 2.85. The Hall–Kier alpha value is -1.43. The van der Waals surface area contributed by atoms with Crippen LogP contribution in [0.15, 0.2) is 4.52 Å². The number of carbonyl (C=O) groups is 1. The van der Waals surface area contributed by atoms with Crippen molar-refractivity contribution in [2.45, 2.75) is 58.5 Å². The summed E-state index contributed by atoms with van der Waals surface area (Å²) in [6.07, 6.45) is 5.90. The minimum atomic E-state index is -0.749. The SMILES string of the molecule is CCOCc1noc(CC2(CC(=O)O)CCCCC2)n1. The number of aliphatic carboxylic acids is 1. The molecule has 1 aromatic rings. The van der Waals surface area contributed by atoms with Gasteiger partial charge in [-0.3, -0.25) is 4.79 Å². The van der Waals surface area contributed by atoms with Crippen molar-refractivity contribution in [2.24, 2.45) is 5.41 Å². The highest BCUT2D eigenvalue weighted by Gasteiger charge is 2.36. The summed E-state index contributed by atoms with van der Waals surface area (Å²) in [7, 11) is 0. The minimum absolute atomic E-state index is 0.177. The summed E-state index contributed by atoms with van der Waals surface area (Å²) >= 11 is 0. The van der Waals surface area contributed by atoms with Crippen LogP contribution < -0.4 is 0 Å². The fourth-order valence-electron chi connectivity index (χ4n) is 2.97. The number of ether oxygens (including phenoxy) is 1. The van der Waals surface area contributed by atoms with E-state index >= 15 is 0 Å². The van der Waals surface area contributed by atoms with E-state index in [0.29, 0.717) is 31.3 Å². The van der Waals surface area contributed by atoms with Crippen molar-refractivity contribution in [1.82, 2.24) is 10.1 Å². The number of rotatable bonds is 7. The second-order valence-electron chi connectivity index (χ2n) is 5.55. The summed E-state index contributed by atoms with van der Waals surface area (Å²) in [5, 5.41) is 13.0. The maximum Gasteiger partial charge on any atom is 0.303 e. The highest BCUT2D eigenvalue weighted by atomic mass is 16.5. The van der Waals surface area contributed by atoms with E-state index in [9.17, 15) is 4.79 Å². The van der Waals surface area contributed by atoms with E-state index in [2.05, 4.69) is 10.1 Å². The zero-order valence-electron chi connectivity index (χ0n) is 11.9. The molecule has 20 heavy (non-hydrogen) atoms. The lowest BCUT2D eigenvalue weighted by Gasteiger charge is -2.34. The van der Waals surface area contributed by atoms with E-state index in [-0.39, 0.29) is 11.8 Å². The molecule has 0 saturated heterocycles. The van der Waals surface area contributed by atoms with Gasteiger partial charge >= 0.3 is 5.97 Å². The molecule has 0 spiro atoms. The largest absolute Gasteiger partial charge is 0.481 e. The van der Waals surface area contributed by atoms with Crippen LogP contribution in [0.25, 0.3) is 0 Å². The second-order valence-corrected chi connectivity index (χ2v) is 5.55. The Balaban J connectivity index is 2.03. The Kier molecular flexibility index (Phi) is 5.11. The lowest BCUT2D eigenvalue weighted by atomic mass is 9.69. The highest BCUT2D eigenvalue weighted by molar-refractivity contribution is 5.67. The van der Waals surface area contributed by atoms with Crippen LogP contribution in [0.5, 0.6) is 0 Å². The fraction of sp³-hybridized carbons (Fsp3) is 0.786. The van der Waals surface area contributed by atoms with E-state index in [1.807, 2.05) is 6.92 Å². The number of hydrogen-bond acceptors (Lipinski definition) is 5. The molecular formula is C14H22N2O4. The summed E-state index contributed by atoms with van der Waals surface area (Å²) in [6, 6.07) is 0. The third-order valence-corrected chi connectivity index (χ3v) is 3.91. The molecule has 112 valence electrons. The summed E-state index contributed by atoms with van der Waals surface area (Å²) in [5.41, 5.74) is -0.223. The fourth-order valence-corrected chi connectivity index (χ4v) is 2.97. The van der Waals surface area contributed by atoms with E-state index < -0.39 is 5.97 Å². The van der Waals surface area contributed by atoms with Crippen molar-refractivity contribution in [3.05, 3.63) is 11.7 Å². The van der Waals surface area contributed by atoms with Crippen molar-refractivity contribution in [3.63, 3.8) is 0 Å². The van der Waals surface area contributed by atoms with Gasteiger partial charge in [0.25, 0.3) is 0 Å². The van der Waals surface area contributed by atoms with Gasteiger partial charge in [0, 0.05) is 13.0 Å². The van der Waals surface area contributed by atoms with Gasteiger partial charge in [-0.05, 0) is 25.2 Å². The van der Waals surface area contributed by atoms with E-state index in [1.54, 1.807) is 0 Å². The van der Waals surface area contributed by atoms with Gasteiger partial charge in [0.1, 0.15) is 6.61 Å². The second kappa shape index (κ2) is 6.83. The standard InChI is InChI=1S/C14H22N2O4/c1-2-19-10-11-15-12(20-16-11)8-14(9-13(17)18)6-4-3-5-7-14/h2-10H2,1H3,(H,17,18). The van der Waals surface area contributed by atoms with Crippen LogP contribution in [0.2, 0.25) is 0 Å². The minimum Gasteiger partial charge on any atom is -0.481 e. The van der Waals surface area contributed by atoms with Crippen molar-refractivity contribution in [1.29, 1.82) is 0 Å². The number of aromatic nitrogens is 2. The van der Waals surface area contributed by atoms with E-state index in [1.165, 1.54) is 6.42 Å². The molecule has 1 aliphatic carbocycles. The van der Waals surface area contributed by atoms with Crippen LogP contribution >= 0.6 is 0 Å². The first-order valence-electron chi connectivity index (χ1n) is 7.24. The zero-order valence-corrected chi connectivity index (χ0v) is 11.9. The van der Waals surface area contributed by atoms with Gasteiger partial charge in [0.2, 0.25) is 5.89 Å². The van der Waals surface area contributed by atoms with Crippen LogP contribution in [0, 0.1) is 5.41 Å². The predicted molar refractivity (Wildman–Crippen MR) is 71.1 cm³/mol. The summed E-state index contributed by atoms with van der Waals surface area (Å²) in [4.78, 5) is 15.4. The first kappa shape index (κ1) is 15.0. The Labute approximate surface area is 118 Å². The van der Waals surface area contributed by atoms with Crippen molar-refractivity contribution in [3.8, 4) is 0 Å². The number of hydrogen-bond donors (Lipinski definition) is 1. The van der Waals surface area contributed by atoms with Gasteiger partial charge in [0.15, 0.2) is 5.82 Å². The van der Waals surface area contributed by atoms with Crippen molar-refractivity contribution < 1.29 is 19.2 Å². The van der Waals surface area contributed by atoms with Crippen LogP contribution in [-0.4, -0.2) is 27.8 Å². The van der Waals surface area contributed by atoms with Crippen molar-refractivity contribution in [2.75, 3.05) is 6.61 Å². The van der Waals surface area contributed by atoms with Gasteiger partial charge in [0.05, 0.1) is 6.42 Å². The molecule has 0 aliphatic heterocycles. The first-order chi connectivity index (χ1) is 9.63. The van der Waals surface area contributed by atoms with Gasteiger partial charge in [-0.2, -0.15) is 4.98 Å². The maximum atomic E-state index is 11.1.